The van der Waals surface area contributed by atoms with Crippen molar-refractivity contribution in [1.82, 2.24) is 0 Å². The van der Waals surface area contributed by atoms with E-state index in [0.717, 1.165) is 77.0 Å². The third kappa shape index (κ3) is 30.3. The molecular weight excluding hydrogens is 749 g/mol. The molecule has 10 nitrogen and oxygen atoms in total. The molecule has 1 heterocycles. The van der Waals surface area contributed by atoms with Crippen LogP contribution in [0.25, 0.3) is 0 Å². The number of rotatable bonds is 35. The van der Waals surface area contributed by atoms with Crippen molar-refractivity contribution >= 4 is 11.9 Å². The second-order valence-corrected chi connectivity index (χ2v) is 14.9. The molecule has 10 heteroatoms. The van der Waals surface area contributed by atoms with Gasteiger partial charge in [-0.25, -0.2) is 0 Å². The number of carbonyl (C=O) groups excluding carboxylic acids is 2. The summed E-state index contributed by atoms with van der Waals surface area (Å²) in [5.41, 5.74) is 0. The molecule has 0 aromatic heterocycles. The van der Waals surface area contributed by atoms with E-state index < -0.39 is 55.4 Å². The van der Waals surface area contributed by atoms with Gasteiger partial charge in [0.05, 0.1) is 13.2 Å². The number of unbranched alkanes of at least 4 members (excludes halogenated alkanes) is 11. The fourth-order valence-corrected chi connectivity index (χ4v) is 6.00. The lowest BCUT2D eigenvalue weighted by atomic mass is 9.99. The van der Waals surface area contributed by atoms with Crippen molar-refractivity contribution in [2.45, 2.75) is 179 Å². The Balaban J connectivity index is 2.39. The van der Waals surface area contributed by atoms with E-state index in [4.69, 9.17) is 18.9 Å². The second kappa shape index (κ2) is 38.8. The highest BCUT2D eigenvalue weighted by molar-refractivity contribution is 5.70. The summed E-state index contributed by atoms with van der Waals surface area (Å²) in [6, 6.07) is 0. The Morgan fingerprint density at radius 3 is 1.68 bits per heavy atom. The zero-order chi connectivity index (χ0) is 43.0. The molecule has 1 aliphatic rings. The van der Waals surface area contributed by atoms with Gasteiger partial charge in [0.1, 0.15) is 31.0 Å². The normalized spacial score (nSPS) is 20.9. The Bertz CT molecular complexity index is 1280. The van der Waals surface area contributed by atoms with E-state index in [1.54, 1.807) is 0 Å². The quantitative estimate of drug-likeness (QED) is 0.0210. The maximum absolute atomic E-state index is 12.8. The topological polar surface area (TPSA) is 152 Å². The lowest BCUT2D eigenvalue weighted by Gasteiger charge is -2.39. The summed E-state index contributed by atoms with van der Waals surface area (Å²) in [5, 5.41) is 40.1. The Kier molecular flexibility index (Phi) is 35.3. The lowest BCUT2D eigenvalue weighted by molar-refractivity contribution is -0.305. The van der Waals surface area contributed by atoms with Crippen LogP contribution in [0, 0.1) is 0 Å². The summed E-state index contributed by atoms with van der Waals surface area (Å²) in [5.74, 6) is -0.881. The summed E-state index contributed by atoms with van der Waals surface area (Å²) in [7, 11) is 0. The maximum Gasteiger partial charge on any atom is 0.306 e. The minimum absolute atomic E-state index is 0.190. The molecule has 334 valence electrons. The van der Waals surface area contributed by atoms with Crippen molar-refractivity contribution < 1.29 is 49.0 Å². The average molecular weight is 827 g/mol. The lowest BCUT2D eigenvalue weighted by Crippen LogP contribution is -2.59. The van der Waals surface area contributed by atoms with Crippen LogP contribution in [-0.4, -0.2) is 89.0 Å². The van der Waals surface area contributed by atoms with Gasteiger partial charge in [0.25, 0.3) is 0 Å². The van der Waals surface area contributed by atoms with Crippen LogP contribution in [0.4, 0.5) is 0 Å². The van der Waals surface area contributed by atoms with Crippen LogP contribution >= 0.6 is 0 Å². The molecule has 2 unspecified atom stereocenters. The van der Waals surface area contributed by atoms with Crippen molar-refractivity contribution in [3.05, 3.63) is 97.2 Å². The zero-order valence-corrected chi connectivity index (χ0v) is 36.2. The number of hydrogen-bond donors (Lipinski definition) is 4. The van der Waals surface area contributed by atoms with E-state index >= 15 is 0 Å². The van der Waals surface area contributed by atoms with Crippen molar-refractivity contribution in [2.75, 3.05) is 19.8 Å². The molecule has 0 aliphatic carbocycles. The molecule has 6 atom stereocenters. The van der Waals surface area contributed by atoms with E-state index in [-0.39, 0.29) is 26.1 Å². The third-order valence-electron chi connectivity index (χ3n) is 9.55. The van der Waals surface area contributed by atoms with Gasteiger partial charge in [0.2, 0.25) is 0 Å². The fourth-order valence-electron chi connectivity index (χ4n) is 6.00. The van der Waals surface area contributed by atoms with Crippen LogP contribution in [0.15, 0.2) is 97.2 Å². The van der Waals surface area contributed by atoms with Crippen LogP contribution < -0.4 is 0 Å². The van der Waals surface area contributed by atoms with Crippen molar-refractivity contribution in [3.8, 4) is 0 Å². The number of esters is 2. The summed E-state index contributed by atoms with van der Waals surface area (Å²) in [6.07, 6.45) is 44.1. The van der Waals surface area contributed by atoms with Crippen LogP contribution in [0.5, 0.6) is 0 Å². The van der Waals surface area contributed by atoms with Gasteiger partial charge in [-0.15, -0.1) is 0 Å². The summed E-state index contributed by atoms with van der Waals surface area (Å²) in [6.45, 7) is 3.17. The molecule has 0 radical (unpaired) electrons. The SMILES string of the molecule is CC/C=C/C=C/C=C/C=C/CCCCCCCC(=O)O[C@@H](COC(=O)CCCCC/C=C/C/C=C/C/C=C/C/C=C/CCCCC)CO[C@H]1O[C@@H](CO)[C@@H](O)C(O)C1O. The van der Waals surface area contributed by atoms with E-state index in [0.29, 0.717) is 12.8 Å². The average Bonchev–Trinajstić information content (AvgIpc) is 3.23. The Morgan fingerprint density at radius 1 is 0.559 bits per heavy atom. The molecule has 0 spiro atoms. The molecule has 1 aliphatic heterocycles. The number of ether oxygens (including phenoxy) is 4. The molecule has 59 heavy (non-hydrogen) atoms. The molecule has 0 aromatic rings. The molecule has 0 bridgehead atoms. The van der Waals surface area contributed by atoms with Gasteiger partial charge in [-0.2, -0.15) is 0 Å². The van der Waals surface area contributed by atoms with Gasteiger partial charge < -0.3 is 39.4 Å². The molecular formula is C49H78O10. The molecule has 0 saturated carbocycles. The smallest absolute Gasteiger partial charge is 0.306 e. The zero-order valence-electron chi connectivity index (χ0n) is 36.2. The van der Waals surface area contributed by atoms with Crippen LogP contribution in [0.2, 0.25) is 0 Å². The molecule has 1 saturated heterocycles. The highest BCUT2D eigenvalue weighted by Gasteiger charge is 2.44. The Labute approximate surface area is 356 Å². The first-order chi connectivity index (χ1) is 28.8. The Hall–Kier alpha value is -3.38. The highest BCUT2D eigenvalue weighted by atomic mass is 16.7. The molecule has 1 fully saturated rings. The van der Waals surface area contributed by atoms with E-state index in [1.807, 2.05) is 30.4 Å². The van der Waals surface area contributed by atoms with Crippen LogP contribution in [0.1, 0.15) is 142 Å². The minimum atomic E-state index is -1.61. The standard InChI is InChI=1S/C49H78O10/c1-3-5-7-9-11-13-15-17-19-20-21-22-24-25-27-29-31-33-35-37-44(51)56-40-42(41-57-49-48(55)47(54)46(53)43(39-50)59-49)58-45(52)38-36-34-32-30-28-26-23-18-16-14-12-10-8-6-4-2/h6,8,10-14,16-19,21-23,25,27,42-43,46-50,53-55H,3-5,7,9,15,20,24,26,28-41H2,1-2H3/b8-6+,12-10+,13-11+,16-14+,19-17+,22-21+,23-18+,27-25+/t42-,43-,46+,47?,48?,49-/m0/s1. The largest absolute Gasteiger partial charge is 0.462 e. The minimum Gasteiger partial charge on any atom is -0.462 e. The van der Waals surface area contributed by atoms with Crippen molar-refractivity contribution in [3.63, 3.8) is 0 Å². The first kappa shape index (κ1) is 53.6. The Morgan fingerprint density at radius 2 is 1.07 bits per heavy atom. The van der Waals surface area contributed by atoms with E-state index in [2.05, 4.69) is 80.7 Å². The van der Waals surface area contributed by atoms with Crippen LogP contribution in [-0.2, 0) is 28.5 Å². The number of aliphatic hydroxyl groups excluding tert-OH is 4. The second-order valence-electron chi connectivity index (χ2n) is 14.9. The molecule has 4 N–H and O–H groups in total. The fraction of sp³-hybridized carbons (Fsp3) is 0.633. The first-order valence-corrected chi connectivity index (χ1v) is 22.4. The highest BCUT2D eigenvalue weighted by Crippen LogP contribution is 2.22. The number of allylic oxidation sites excluding steroid dienone is 16. The summed E-state index contributed by atoms with van der Waals surface area (Å²) in [4.78, 5) is 25.3. The van der Waals surface area contributed by atoms with Gasteiger partial charge in [-0.1, -0.05) is 150 Å². The summed E-state index contributed by atoms with van der Waals surface area (Å²) >= 11 is 0. The van der Waals surface area contributed by atoms with Crippen molar-refractivity contribution in [1.29, 1.82) is 0 Å². The number of hydrogen-bond acceptors (Lipinski definition) is 10. The third-order valence-corrected chi connectivity index (χ3v) is 9.55. The molecule has 1 rings (SSSR count). The number of carbonyl (C=O) groups is 2. The maximum atomic E-state index is 12.8. The van der Waals surface area contributed by atoms with E-state index in [9.17, 15) is 30.0 Å². The predicted octanol–water partition coefficient (Wildman–Crippen LogP) is 9.55. The van der Waals surface area contributed by atoms with Gasteiger partial charge in [0, 0.05) is 12.8 Å². The molecule has 0 aromatic carbocycles. The van der Waals surface area contributed by atoms with Crippen LogP contribution in [0.3, 0.4) is 0 Å². The van der Waals surface area contributed by atoms with Gasteiger partial charge in [-0.3, -0.25) is 9.59 Å². The monoisotopic (exact) mass is 827 g/mol. The summed E-state index contributed by atoms with van der Waals surface area (Å²) < 4.78 is 22.1. The van der Waals surface area contributed by atoms with Gasteiger partial charge in [0.15, 0.2) is 12.4 Å². The predicted molar refractivity (Wildman–Crippen MR) is 237 cm³/mol. The van der Waals surface area contributed by atoms with Gasteiger partial charge in [-0.05, 0) is 77.0 Å². The first-order valence-electron chi connectivity index (χ1n) is 22.4. The van der Waals surface area contributed by atoms with Gasteiger partial charge >= 0.3 is 11.9 Å². The molecule has 0 amide bonds. The van der Waals surface area contributed by atoms with Crippen molar-refractivity contribution in [2.24, 2.45) is 0 Å². The van der Waals surface area contributed by atoms with E-state index in [1.165, 1.54) is 25.7 Å². The number of aliphatic hydroxyl groups is 4.